The predicted molar refractivity (Wildman–Crippen MR) is 71.9 cm³/mol. The lowest BCUT2D eigenvalue weighted by atomic mass is 10.2. The van der Waals surface area contributed by atoms with Crippen LogP contribution in [0.15, 0.2) is 18.2 Å². The van der Waals surface area contributed by atoms with E-state index in [2.05, 4.69) is 5.32 Å². The fourth-order valence-electron chi connectivity index (χ4n) is 2.26. The first-order chi connectivity index (χ1) is 9.18. The number of nitrogens with zero attached hydrogens (tertiary/aromatic N) is 1. The first kappa shape index (κ1) is 13.7. The number of carbonyl (C=O) groups excluding carboxylic acids is 1. The fourth-order valence-corrected chi connectivity index (χ4v) is 2.26. The summed E-state index contributed by atoms with van der Waals surface area (Å²) in [6.45, 7) is 2.77. The van der Waals surface area contributed by atoms with E-state index in [4.69, 9.17) is 0 Å². The molecule has 1 saturated heterocycles. The van der Waals surface area contributed by atoms with E-state index in [-0.39, 0.29) is 17.4 Å². The van der Waals surface area contributed by atoms with Gasteiger partial charge in [0.1, 0.15) is 0 Å². The summed E-state index contributed by atoms with van der Waals surface area (Å²) in [5, 5.41) is 22.1. The molecule has 0 bridgehead atoms. The SMILES string of the molecule is O=C(CCNCc1cccc(O)c1O)N1CCCC1. The van der Waals surface area contributed by atoms with Gasteiger partial charge >= 0.3 is 0 Å². The topological polar surface area (TPSA) is 72.8 Å². The Morgan fingerprint density at radius 1 is 1.26 bits per heavy atom. The molecule has 0 saturated carbocycles. The van der Waals surface area contributed by atoms with E-state index in [0.29, 0.717) is 25.1 Å². The van der Waals surface area contributed by atoms with Gasteiger partial charge in [-0.2, -0.15) is 0 Å². The number of phenolic OH excluding ortho intramolecular Hbond substituents is 2. The summed E-state index contributed by atoms with van der Waals surface area (Å²) in [6.07, 6.45) is 2.69. The van der Waals surface area contributed by atoms with Crippen molar-refractivity contribution in [3.63, 3.8) is 0 Å². The van der Waals surface area contributed by atoms with E-state index < -0.39 is 0 Å². The first-order valence-corrected chi connectivity index (χ1v) is 6.67. The van der Waals surface area contributed by atoms with Gasteiger partial charge in [0.25, 0.3) is 0 Å². The Morgan fingerprint density at radius 2 is 2.00 bits per heavy atom. The molecule has 2 rings (SSSR count). The molecule has 1 aliphatic heterocycles. The lowest BCUT2D eigenvalue weighted by Crippen LogP contribution is -2.30. The number of hydrogen-bond donors (Lipinski definition) is 3. The molecule has 1 aromatic carbocycles. The summed E-state index contributed by atoms with van der Waals surface area (Å²) in [5.74, 6) is -0.0292. The summed E-state index contributed by atoms with van der Waals surface area (Å²) < 4.78 is 0. The lowest BCUT2D eigenvalue weighted by molar-refractivity contribution is -0.130. The van der Waals surface area contributed by atoms with Gasteiger partial charge in [-0.1, -0.05) is 12.1 Å². The van der Waals surface area contributed by atoms with E-state index in [0.717, 1.165) is 25.9 Å². The van der Waals surface area contributed by atoms with Gasteiger partial charge in [0.2, 0.25) is 5.91 Å². The zero-order chi connectivity index (χ0) is 13.7. The molecule has 0 atom stereocenters. The summed E-state index contributed by atoms with van der Waals surface area (Å²) in [5.41, 5.74) is 0.633. The van der Waals surface area contributed by atoms with E-state index in [9.17, 15) is 15.0 Å². The minimum atomic E-state index is -0.118. The predicted octanol–water partition coefficient (Wildman–Crippen LogP) is 1.20. The van der Waals surface area contributed by atoms with Crippen molar-refractivity contribution in [1.29, 1.82) is 0 Å². The van der Waals surface area contributed by atoms with Gasteiger partial charge in [-0.25, -0.2) is 0 Å². The minimum Gasteiger partial charge on any atom is -0.504 e. The molecule has 1 fully saturated rings. The standard InChI is InChI=1S/C14H20N2O3/c17-12-5-3-4-11(14(12)19)10-15-7-6-13(18)16-8-1-2-9-16/h3-5,15,17,19H,1-2,6-10H2. The third-order valence-corrected chi connectivity index (χ3v) is 3.39. The van der Waals surface area contributed by atoms with Crippen molar-refractivity contribution in [3.05, 3.63) is 23.8 Å². The summed E-state index contributed by atoms with van der Waals surface area (Å²) in [6, 6.07) is 4.86. The lowest BCUT2D eigenvalue weighted by Gasteiger charge is -2.15. The maximum Gasteiger partial charge on any atom is 0.223 e. The Hall–Kier alpha value is -1.75. The Labute approximate surface area is 112 Å². The number of hydrogen-bond acceptors (Lipinski definition) is 4. The minimum absolute atomic E-state index is 0.0964. The number of nitrogens with one attached hydrogen (secondary N) is 1. The van der Waals surface area contributed by atoms with Gasteiger partial charge in [-0.15, -0.1) is 0 Å². The number of phenols is 2. The highest BCUT2D eigenvalue weighted by Crippen LogP contribution is 2.27. The molecule has 0 radical (unpaired) electrons. The maximum absolute atomic E-state index is 11.8. The third-order valence-electron chi connectivity index (χ3n) is 3.39. The van der Waals surface area contributed by atoms with Gasteiger partial charge in [0.15, 0.2) is 11.5 Å². The zero-order valence-corrected chi connectivity index (χ0v) is 10.9. The molecular weight excluding hydrogens is 244 g/mol. The average Bonchev–Trinajstić information content (AvgIpc) is 2.93. The van der Waals surface area contributed by atoms with Crippen LogP contribution in [-0.4, -0.2) is 40.7 Å². The molecule has 1 aromatic rings. The molecule has 3 N–H and O–H groups in total. The summed E-state index contributed by atoms with van der Waals surface area (Å²) >= 11 is 0. The highest BCUT2D eigenvalue weighted by atomic mass is 16.3. The van der Waals surface area contributed by atoms with E-state index >= 15 is 0 Å². The van der Waals surface area contributed by atoms with Crippen LogP contribution in [0.4, 0.5) is 0 Å². The van der Waals surface area contributed by atoms with Gasteiger partial charge in [0, 0.05) is 38.2 Å². The smallest absolute Gasteiger partial charge is 0.223 e. The number of likely N-dealkylation sites (tertiary alicyclic amines) is 1. The van der Waals surface area contributed by atoms with Crippen molar-refractivity contribution >= 4 is 5.91 Å². The Balaban J connectivity index is 1.71. The monoisotopic (exact) mass is 264 g/mol. The number of rotatable bonds is 5. The molecule has 0 aliphatic carbocycles. The van der Waals surface area contributed by atoms with Crippen LogP contribution in [0.2, 0.25) is 0 Å². The van der Waals surface area contributed by atoms with Gasteiger partial charge in [-0.05, 0) is 18.9 Å². The largest absolute Gasteiger partial charge is 0.504 e. The van der Waals surface area contributed by atoms with E-state index in [1.54, 1.807) is 12.1 Å². The highest BCUT2D eigenvalue weighted by molar-refractivity contribution is 5.76. The second-order valence-electron chi connectivity index (χ2n) is 4.80. The number of benzene rings is 1. The van der Waals surface area contributed by atoms with Crippen molar-refractivity contribution < 1.29 is 15.0 Å². The highest BCUT2D eigenvalue weighted by Gasteiger charge is 2.16. The van der Waals surface area contributed by atoms with Gasteiger partial charge in [-0.3, -0.25) is 4.79 Å². The van der Waals surface area contributed by atoms with Crippen molar-refractivity contribution in [2.75, 3.05) is 19.6 Å². The van der Waals surface area contributed by atoms with E-state index in [1.807, 2.05) is 4.90 Å². The third kappa shape index (κ3) is 3.61. The van der Waals surface area contributed by atoms with Crippen molar-refractivity contribution in [2.24, 2.45) is 0 Å². The Bertz CT molecular complexity index is 442. The molecular formula is C14H20N2O3. The van der Waals surface area contributed by atoms with E-state index in [1.165, 1.54) is 6.07 Å². The molecule has 1 amide bonds. The summed E-state index contributed by atoms with van der Waals surface area (Å²) in [7, 11) is 0. The van der Waals surface area contributed by atoms with Gasteiger partial charge in [0.05, 0.1) is 0 Å². The second-order valence-corrected chi connectivity index (χ2v) is 4.80. The quantitative estimate of drug-likeness (QED) is 0.552. The Morgan fingerprint density at radius 3 is 2.74 bits per heavy atom. The number of amides is 1. The first-order valence-electron chi connectivity index (χ1n) is 6.67. The van der Waals surface area contributed by atoms with Crippen LogP contribution in [0, 0.1) is 0 Å². The summed E-state index contributed by atoms with van der Waals surface area (Å²) in [4.78, 5) is 13.7. The van der Waals surface area contributed by atoms with Crippen LogP contribution in [-0.2, 0) is 11.3 Å². The van der Waals surface area contributed by atoms with Crippen molar-refractivity contribution in [3.8, 4) is 11.5 Å². The molecule has 104 valence electrons. The van der Waals surface area contributed by atoms with Gasteiger partial charge < -0.3 is 20.4 Å². The van der Waals surface area contributed by atoms with Crippen LogP contribution in [0.1, 0.15) is 24.8 Å². The second kappa shape index (κ2) is 6.43. The van der Waals surface area contributed by atoms with Crippen LogP contribution < -0.4 is 5.32 Å². The van der Waals surface area contributed by atoms with Crippen LogP contribution in [0.3, 0.4) is 0 Å². The Kier molecular flexibility index (Phi) is 4.63. The molecule has 0 spiro atoms. The van der Waals surface area contributed by atoms with Crippen LogP contribution >= 0.6 is 0 Å². The van der Waals surface area contributed by atoms with Crippen LogP contribution in [0.5, 0.6) is 11.5 Å². The molecule has 0 aromatic heterocycles. The maximum atomic E-state index is 11.8. The van der Waals surface area contributed by atoms with Crippen molar-refractivity contribution in [1.82, 2.24) is 10.2 Å². The van der Waals surface area contributed by atoms with Crippen LogP contribution in [0.25, 0.3) is 0 Å². The fraction of sp³-hybridized carbons (Fsp3) is 0.500. The average molecular weight is 264 g/mol. The number of aromatic hydroxyl groups is 2. The molecule has 5 heteroatoms. The molecule has 19 heavy (non-hydrogen) atoms. The zero-order valence-electron chi connectivity index (χ0n) is 10.9. The molecule has 1 heterocycles. The molecule has 0 unspecified atom stereocenters. The number of carbonyl (C=O) groups is 1. The number of para-hydroxylation sites is 1. The molecule has 1 aliphatic rings. The molecule has 5 nitrogen and oxygen atoms in total. The normalized spacial score (nSPS) is 14.8. The van der Waals surface area contributed by atoms with Crippen molar-refractivity contribution in [2.45, 2.75) is 25.8 Å².